The summed E-state index contributed by atoms with van der Waals surface area (Å²) >= 11 is 5.41. The van der Waals surface area contributed by atoms with Crippen LogP contribution in [0.4, 0.5) is 0 Å². The fourth-order valence-corrected chi connectivity index (χ4v) is 6.94. The maximum Gasteiger partial charge on any atom is 0.337 e. The molecule has 0 unspecified atom stereocenters. The van der Waals surface area contributed by atoms with Crippen LogP contribution in [0.25, 0.3) is 0 Å². The van der Waals surface area contributed by atoms with E-state index < -0.39 is 7.60 Å². The Kier molecular flexibility index (Phi) is 4.75. The Hall–Kier alpha value is -0.820. The predicted molar refractivity (Wildman–Crippen MR) is 102 cm³/mol. The molecule has 7 nitrogen and oxygen atoms in total. The minimum Gasteiger partial charge on any atom is -0.312 e. The molecule has 0 aromatic carbocycles. The lowest BCUT2D eigenvalue weighted by molar-refractivity contribution is 0.00151. The number of hydrogen-bond donors (Lipinski definition) is 1. The van der Waals surface area contributed by atoms with Gasteiger partial charge in [0.2, 0.25) is 4.77 Å². The molecule has 4 aliphatic rings. The molecular weight excluding hydrogens is 371 g/mol. The van der Waals surface area contributed by atoms with Gasteiger partial charge in [-0.15, -0.1) is 0 Å². The number of nitrogens with one attached hydrogen (secondary N) is 1. The van der Waals surface area contributed by atoms with Crippen molar-refractivity contribution in [1.82, 2.24) is 14.8 Å². The van der Waals surface area contributed by atoms with Gasteiger partial charge in [0.05, 0.1) is 5.54 Å². The van der Waals surface area contributed by atoms with Crippen LogP contribution in [-0.2, 0) is 13.6 Å². The molecule has 1 N–H and O–H groups in total. The van der Waals surface area contributed by atoms with Crippen LogP contribution in [0.15, 0.2) is 4.99 Å². The Balaban J connectivity index is 1.77. The molecule has 1 aromatic rings. The number of nitrogens with zero attached hydrogens (tertiary/aromatic N) is 3. The van der Waals surface area contributed by atoms with Gasteiger partial charge in [-0.3, -0.25) is 19.2 Å². The van der Waals surface area contributed by atoms with Crippen molar-refractivity contribution in [2.75, 3.05) is 20.4 Å². The molecule has 144 valence electrons. The second kappa shape index (κ2) is 6.66. The molecule has 4 bridgehead atoms. The van der Waals surface area contributed by atoms with Crippen LogP contribution in [0.1, 0.15) is 44.3 Å². The van der Waals surface area contributed by atoms with Crippen LogP contribution in [0.5, 0.6) is 0 Å². The van der Waals surface area contributed by atoms with Gasteiger partial charge >= 0.3 is 7.60 Å². The molecule has 1 heterocycles. The maximum absolute atomic E-state index is 12.9. The zero-order chi connectivity index (χ0) is 18.5. The van der Waals surface area contributed by atoms with Crippen LogP contribution in [0.2, 0.25) is 0 Å². The van der Waals surface area contributed by atoms with Crippen LogP contribution < -0.4 is 0 Å². The molecule has 0 atom stereocenters. The summed E-state index contributed by atoms with van der Waals surface area (Å²) in [4.78, 5) is 5.23. The van der Waals surface area contributed by atoms with E-state index in [1.165, 1.54) is 33.5 Å². The zero-order valence-electron chi connectivity index (χ0n) is 15.6. The highest BCUT2D eigenvalue weighted by molar-refractivity contribution is 7.71. The van der Waals surface area contributed by atoms with Gasteiger partial charge in [0.15, 0.2) is 0 Å². The monoisotopic (exact) mass is 398 g/mol. The van der Waals surface area contributed by atoms with Crippen LogP contribution in [0.3, 0.4) is 0 Å². The highest BCUT2D eigenvalue weighted by Crippen LogP contribution is 2.57. The Bertz CT molecular complexity index is 787. The Morgan fingerprint density at radius 3 is 2.23 bits per heavy atom. The lowest BCUT2D eigenvalue weighted by Crippen LogP contribution is -2.50. The first kappa shape index (κ1) is 18.5. The molecule has 0 spiro atoms. The molecule has 0 saturated heterocycles. The predicted octanol–water partition coefficient (Wildman–Crippen LogP) is 3.95. The first-order valence-corrected chi connectivity index (χ1v) is 11.4. The highest BCUT2D eigenvalue weighted by Gasteiger charge is 2.51. The average molecular weight is 398 g/mol. The Morgan fingerprint density at radius 1 is 1.27 bits per heavy atom. The third kappa shape index (κ3) is 3.26. The van der Waals surface area contributed by atoms with E-state index in [1.807, 2.05) is 6.92 Å². The van der Waals surface area contributed by atoms with E-state index >= 15 is 0 Å². The van der Waals surface area contributed by atoms with Gasteiger partial charge in [-0.25, -0.2) is 0 Å². The Labute approximate surface area is 159 Å². The summed E-state index contributed by atoms with van der Waals surface area (Å²) in [5, 5.41) is 7.02. The quantitative estimate of drug-likeness (QED) is 0.351. The van der Waals surface area contributed by atoms with Crippen molar-refractivity contribution in [3.05, 3.63) is 10.6 Å². The highest BCUT2D eigenvalue weighted by atomic mass is 32.1. The topological polar surface area (TPSA) is 81.5 Å². The van der Waals surface area contributed by atoms with Crippen molar-refractivity contribution < 1.29 is 13.6 Å². The fraction of sp³-hybridized carbons (Fsp3) is 0.824. The summed E-state index contributed by atoms with van der Waals surface area (Å²) in [6.07, 6.45) is 7.51. The molecule has 0 amide bonds. The minimum absolute atomic E-state index is 0.0606. The molecule has 1 aromatic heterocycles. The summed E-state index contributed by atoms with van der Waals surface area (Å²) in [5.41, 5.74) is -0.0606. The van der Waals surface area contributed by atoms with Gasteiger partial charge in [0, 0.05) is 14.2 Å². The van der Waals surface area contributed by atoms with Crippen LogP contribution in [-0.4, -0.2) is 46.5 Å². The number of aromatic amines is 1. The van der Waals surface area contributed by atoms with Crippen molar-refractivity contribution in [3.63, 3.8) is 0 Å². The number of rotatable bonds is 5. The largest absolute Gasteiger partial charge is 0.337 e. The van der Waals surface area contributed by atoms with Crippen molar-refractivity contribution >= 4 is 25.6 Å². The van der Waals surface area contributed by atoms with Gasteiger partial charge in [0.25, 0.3) is 0 Å². The van der Waals surface area contributed by atoms with E-state index in [0.29, 0.717) is 16.4 Å². The summed E-state index contributed by atoms with van der Waals surface area (Å²) < 4.78 is 25.5. The summed E-state index contributed by atoms with van der Waals surface area (Å²) in [6, 6.07) is 0. The summed E-state index contributed by atoms with van der Waals surface area (Å²) in [7, 11) is -0.445. The van der Waals surface area contributed by atoms with Crippen molar-refractivity contribution in [2.24, 2.45) is 22.7 Å². The summed E-state index contributed by atoms with van der Waals surface area (Å²) in [6.45, 7) is 1.87. The van der Waals surface area contributed by atoms with Crippen molar-refractivity contribution in [2.45, 2.75) is 51.0 Å². The molecule has 0 aliphatic heterocycles. The molecule has 4 saturated carbocycles. The molecule has 5 rings (SSSR count). The number of H-pyrrole nitrogens is 1. The summed E-state index contributed by atoms with van der Waals surface area (Å²) in [5.74, 6) is 3.69. The molecular formula is C17H27N4O3PS. The minimum atomic E-state index is -3.27. The first-order valence-electron chi connectivity index (χ1n) is 9.29. The van der Waals surface area contributed by atoms with E-state index in [0.717, 1.165) is 37.0 Å². The van der Waals surface area contributed by atoms with E-state index in [1.54, 1.807) is 4.57 Å². The lowest BCUT2D eigenvalue weighted by Gasteiger charge is -2.55. The van der Waals surface area contributed by atoms with Gasteiger partial charge in [0.1, 0.15) is 17.8 Å². The van der Waals surface area contributed by atoms with Gasteiger partial charge in [-0.1, -0.05) is 0 Å². The van der Waals surface area contributed by atoms with Crippen LogP contribution >= 0.6 is 19.8 Å². The second-order valence-corrected chi connectivity index (χ2v) is 10.9. The smallest absolute Gasteiger partial charge is 0.312 e. The first-order chi connectivity index (χ1) is 12.4. The molecule has 0 radical (unpaired) electrons. The standard InChI is InChI=1S/C17H27N4O3PS/c1-11-19-20-16(26)21(11)15(10-25(22,23-2)24-3)18-17-7-12-4-13(8-17)6-14(5-12)9-17/h12-14H,4-10H2,1-3H3,(H,20,26). The molecule has 26 heavy (non-hydrogen) atoms. The zero-order valence-corrected chi connectivity index (χ0v) is 17.3. The maximum atomic E-state index is 12.9. The van der Waals surface area contributed by atoms with E-state index in [-0.39, 0.29) is 11.7 Å². The van der Waals surface area contributed by atoms with Crippen molar-refractivity contribution in [1.29, 1.82) is 0 Å². The fourth-order valence-electron chi connectivity index (χ4n) is 5.69. The van der Waals surface area contributed by atoms with E-state index in [9.17, 15) is 4.57 Å². The number of aliphatic imine (C=N–C) groups is 1. The SMILES string of the molecule is COP(=O)(CC(=NC12CC3CC(CC(C3)C1)C2)n1c(C)n[nH]c1=S)OC. The van der Waals surface area contributed by atoms with Crippen LogP contribution in [0, 0.1) is 29.4 Å². The molecule has 4 fully saturated rings. The van der Waals surface area contributed by atoms with Gasteiger partial charge in [-0.05, 0) is 75.4 Å². The molecule has 4 aliphatic carbocycles. The average Bonchev–Trinajstić information content (AvgIpc) is 2.91. The molecule has 9 heteroatoms. The van der Waals surface area contributed by atoms with Crippen molar-refractivity contribution in [3.8, 4) is 0 Å². The third-order valence-electron chi connectivity index (χ3n) is 6.36. The number of hydrogen-bond acceptors (Lipinski definition) is 6. The Morgan fingerprint density at radius 2 is 1.81 bits per heavy atom. The van der Waals surface area contributed by atoms with Gasteiger partial charge < -0.3 is 9.05 Å². The number of aromatic nitrogens is 3. The normalized spacial score (nSPS) is 33.8. The third-order valence-corrected chi connectivity index (χ3v) is 8.42. The number of aryl methyl sites for hydroxylation is 1. The second-order valence-electron chi connectivity index (χ2n) is 8.22. The lowest BCUT2D eigenvalue weighted by atomic mass is 9.53. The van der Waals surface area contributed by atoms with E-state index in [2.05, 4.69) is 10.2 Å². The van der Waals surface area contributed by atoms with Gasteiger partial charge in [-0.2, -0.15) is 5.10 Å². The van der Waals surface area contributed by atoms with E-state index in [4.69, 9.17) is 26.3 Å².